The molecule has 1 fully saturated rings. The van der Waals surface area contributed by atoms with Crippen molar-refractivity contribution in [1.29, 1.82) is 0 Å². The van der Waals surface area contributed by atoms with Gasteiger partial charge in [0.05, 0.1) is 0 Å². The predicted molar refractivity (Wildman–Crippen MR) is 225 cm³/mol. The van der Waals surface area contributed by atoms with Crippen LogP contribution in [0.4, 0.5) is 79.0 Å². The first-order valence-corrected chi connectivity index (χ1v) is 28.2. The maximum atomic E-state index is 13.4. The van der Waals surface area contributed by atoms with Crippen LogP contribution in [0.2, 0.25) is 13.1 Å². The Bertz CT molecular complexity index is 2480. The van der Waals surface area contributed by atoms with E-state index in [2.05, 4.69) is 13.1 Å². The second kappa shape index (κ2) is 21.5. The van der Waals surface area contributed by atoms with Crippen LogP contribution in [-0.4, -0.2) is 46.6 Å². The maximum absolute atomic E-state index is 13.4. The van der Waals surface area contributed by atoms with E-state index in [0.29, 0.717) is 22.4 Å². The minimum absolute atomic E-state index is 0.199. The molecule has 0 amide bonds. The van der Waals surface area contributed by atoms with Crippen LogP contribution in [0.5, 0.6) is 0 Å². The van der Waals surface area contributed by atoms with Crippen LogP contribution in [0.25, 0.3) is 43.8 Å². The molecule has 2 radical (unpaired) electrons. The van der Waals surface area contributed by atoms with Crippen LogP contribution in [0.15, 0.2) is 109 Å². The first kappa shape index (κ1) is 57.1. The van der Waals surface area contributed by atoms with Gasteiger partial charge >= 0.3 is 74.9 Å². The van der Waals surface area contributed by atoms with Gasteiger partial charge in [-0.2, -0.15) is 91.2 Å². The second-order valence-electron chi connectivity index (χ2n) is 15.6. The Balaban J connectivity index is 0.000000268. The van der Waals surface area contributed by atoms with E-state index in [0.717, 1.165) is 86.8 Å². The molecule has 6 aromatic rings. The molecule has 0 aliphatic heterocycles. The molecule has 1 saturated carbocycles. The number of fused-ring (bicyclic) bond motifs is 2. The first-order chi connectivity index (χ1) is 31.3. The summed E-state index contributed by atoms with van der Waals surface area (Å²) in [5, 5.41) is 3.08. The summed E-state index contributed by atoms with van der Waals surface area (Å²) in [4.78, 5) is 0. The summed E-state index contributed by atoms with van der Waals surface area (Å²) in [5.41, 5.74) is -12.4. The molecule has 0 aromatic heterocycles. The quantitative estimate of drug-likeness (QED) is 0.0917. The van der Waals surface area contributed by atoms with Gasteiger partial charge in [-0.25, -0.2) is 0 Å². The zero-order chi connectivity index (χ0) is 51.5. The Hall–Kier alpha value is -3.48. The van der Waals surface area contributed by atoms with Gasteiger partial charge in [-0.1, -0.05) is 105 Å². The molecule has 368 valence electrons. The second-order valence-corrected chi connectivity index (χ2v) is 20.4. The molecule has 0 nitrogen and oxygen atoms in total. The minimum atomic E-state index is -6.63. The molecule has 1 aliphatic rings. The van der Waals surface area contributed by atoms with E-state index in [1.54, 1.807) is 43.3 Å². The summed E-state index contributed by atoms with van der Waals surface area (Å²) in [6.07, 6.45) is -35.5. The van der Waals surface area contributed by atoms with Gasteiger partial charge in [0, 0.05) is 9.52 Å². The first-order valence-electron chi connectivity index (χ1n) is 19.8. The van der Waals surface area contributed by atoms with Gasteiger partial charge in [0.15, 0.2) is 0 Å². The third-order valence-corrected chi connectivity index (χ3v) is 11.3. The fourth-order valence-corrected chi connectivity index (χ4v) is 8.39. The fraction of sp³-hybridized carbons (Fsp3) is 0.348. The van der Waals surface area contributed by atoms with Crippen LogP contribution >= 0.6 is 17.0 Å². The van der Waals surface area contributed by atoms with Crippen molar-refractivity contribution in [3.8, 4) is 22.3 Å². The predicted octanol–water partition coefficient (Wildman–Crippen LogP) is 18.4. The van der Waals surface area contributed by atoms with Crippen LogP contribution in [0, 0.1) is 6.92 Å². The molecular formula is C46H36Cl2F18SiZr. The van der Waals surface area contributed by atoms with Crippen molar-refractivity contribution in [2.45, 2.75) is 99.5 Å². The van der Waals surface area contributed by atoms with E-state index in [4.69, 9.17) is 17.0 Å². The van der Waals surface area contributed by atoms with E-state index in [1.807, 2.05) is 24.3 Å². The Morgan fingerprint density at radius 2 is 0.794 bits per heavy atom. The molecule has 7 rings (SSSR count). The van der Waals surface area contributed by atoms with E-state index >= 15 is 0 Å². The number of aryl methyl sites for hydroxylation is 1. The zero-order valence-electron chi connectivity index (χ0n) is 35.4. The normalized spacial score (nSPS) is 14.4. The summed E-state index contributed by atoms with van der Waals surface area (Å²) in [6, 6.07) is 22.1. The van der Waals surface area contributed by atoms with Crippen LogP contribution in [0.3, 0.4) is 0 Å². The number of rotatable bonds is 5. The number of hydrogen-bond donors (Lipinski definition) is 0. The van der Waals surface area contributed by atoms with Crippen molar-refractivity contribution in [3.63, 3.8) is 0 Å². The molecule has 0 unspecified atom stereocenters. The van der Waals surface area contributed by atoms with Crippen LogP contribution < -0.4 is 0 Å². The average Bonchev–Trinajstić information content (AvgIpc) is 3.96. The number of hydrogen-bond acceptors (Lipinski definition) is 0. The molecule has 0 atom stereocenters. The van der Waals surface area contributed by atoms with Crippen molar-refractivity contribution in [1.82, 2.24) is 0 Å². The summed E-state index contributed by atoms with van der Waals surface area (Å²) >= 11 is -0.826. The van der Waals surface area contributed by atoms with E-state index < -0.39 is 79.9 Å². The van der Waals surface area contributed by atoms with Gasteiger partial charge in [-0.15, -0.1) is 69.1 Å². The topological polar surface area (TPSA) is 0 Å². The summed E-state index contributed by atoms with van der Waals surface area (Å²) < 4.78 is 240. The molecule has 68 heavy (non-hydrogen) atoms. The Kier molecular flexibility index (Phi) is 18.0. The van der Waals surface area contributed by atoms with Crippen molar-refractivity contribution < 1.29 is 99.9 Å². The summed E-state index contributed by atoms with van der Waals surface area (Å²) in [6.45, 7) is 6.11. The van der Waals surface area contributed by atoms with Crippen LogP contribution in [-0.2, 0) is 31.7 Å². The number of alkyl halides is 18. The van der Waals surface area contributed by atoms with Crippen molar-refractivity contribution in [3.05, 3.63) is 131 Å². The van der Waals surface area contributed by atoms with E-state index in [9.17, 15) is 79.0 Å². The Labute approximate surface area is 399 Å². The molecule has 1 aliphatic carbocycles. The molecule has 22 heteroatoms. The van der Waals surface area contributed by atoms with Crippen LogP contribution in [0.1, 0.15) is 53.9 Å². The number of benzene rings is 4. The van der Waals surface area contributed by atoms with Gasteiger partial charge in [0.2, 0.25) is 0 Å². The van der Waals surface area contributed by atoms with Gasteiger partial charge in [0.1, 0.15) is 0 Å². The molecule has 0 saturated heterocycles. The zero-order valence-corrected chi connectivity index (χ0v) is 40.3. The molecule has 6 aromatic carbocycles. The molecule has 0 spiro atoms. The molecular weight excluding hydrogens is 1080 g/mol. The molecule has 0 N–H and O–H groups in total. The van der Waals surface area contributed by atoms with Gasteiger partial charge < -0.3 is 0 Å². The van der Waals surface area contributed by atoms with Gasteiger partial charge in [-0.3, -0.25) is 0 Å². The average molecular weight is 1120 g/mol. The van der Waals surface area contributed by atoms with Gasteiger partial charge in [-0.05, 0) is 41.0 Å². The molecule has 0 bridgehead atoms. The summed E-state index contributed by atoms with van der Waals surface area (Å²) in [7, 11) is 11.0. The number of halogens is 20. The van der Waals surface area contributed by atoms with Crippen molar-refractivity contribution in [2.24, 2.45) is 0 Å². The third-order valence-electron chi connectivity index (χ3n) is 11.3. The summed E-state index contributed by atoms with van der Waals surface area (Å²) in [5.74, 6) is 0.388. The Morgan fingerprint density at radius 3 is 1.12 bits per heavy atom. The monoisotopic (exact) mass is 1120 g/mol. The fourth-order valence-electron chi connectivity index (χ4n) is 8.39. The van der Waals surface area contributed by atoms with Crippen molar-refractivity contribution in [2.75, 3.05) is 0 Å². The Morgan fingerprint density at radius 1 is 0.485 bits per heavy atom. The van der Waals surface area contributed by atoms with Crippen molar-refractivity contribution >= 4 is 48.1 Å². The SMILES string of the molecule is C[Si]C.Cc1cc2c(-c3ccc(C(C(F)(F)F)(C(F)(F)F)C(F)(F)F)cc3)cccc2[cH-]1.FC(F)(F)C(c1ccc(-c2cccc3[cH-]c(C4CCCC4)cc23)cc1)(C(F)(F)F)C(F)(F)F.[Cl][Zr+2][Cl]. The van der Waals surface area contributed by atoms with Gasteiger partial charge in [0.25, 0.3) is 10.8 Å². The standard InChI is InChI=1S/C24H18F9.C20H12F9.C2H6Si.2ClH.Zr/c25-22(26,27)21(23(28,29)30,24(31,32)33)18-10-8-15(9-11-18)19-7-3-6-16-12-17(13-20(16)19)14-4-1-2-5-14;1-11-9-13-3-2-4-15(16(13)10-11)12-5-7-14(8-6-12)17(18(21,22)23,19(24,25)26)20(27,28)29;1-3-2;;;/h3,6-14H,1-2,4-5H2;2-10H,1H3;1-2H3;2*1H;/q2*-1;;;;+4/p-2. The third kappa shape index (κ3) is 11.2. The van der Waals surface area contributed by atoms with E-state index in [-0.39, 0.29) is 35.4 Å². The molecule has 0 heterocycles. The van der Waals surface area contributed by atoms with E-state index in [1.165, 1.54) is 0 Å².